The Morgan fingerprint density at radius 2 is 1.70 bits per heavy atom. The fourth-order valence-corrected chi connectivity index (χ4v) is 8.44. The Labute approximate surface area is 269 Å². The number of halogens is 2. The van der Waals surface area contributed by atoms with E-state index >= 15 is 4.79 Å². The number of para-hydroxylation sites is 1. The molecule has 9 nitrogen and oxygen atoms in total. The van der Waals surface area contributed by atoms with Crippen molar-refractivity contribution >= 4 is 40.9 Å². The first kappa shape index (κ1) is 30.0. The van der Waals surface area contributed by atoms with Crippen LogP contribution in [0.25, 0.3) is 0 Å². The molecule has 0 aromatic heterocycles. The lowest BCUT2D eigenvalue weighted by molar-refractivity contribution is -0.141. The molecule has 1 saturated carbocycles. The number of phenolic OH excluding ortho intramolecular Hbond substituents is 1. The van der Waals surface area contributed by atoms with Gasteiger partial charge in [0.25, 0.3) is 11.8 Å². The van der Waals surface area contributed by atoms with Crippen LogP contribution in [-0.2, 0) is 24.6 Å². The third-order valence-corrected chi connectivity index (χ3v) is 10.5. The number of hydrazine groups is 1. The quantitative estimate of drug-likeness (QED) is 0.280. The molecule has 2 N–H and O–H groups in total. The monoisotopic (exact) mass is 643 g/mol. The van der Waals surface area contributed by atoms with Crippen molar-refractivity contribution in [2.45, 2.75) is 31.1 Å². The summed E-state index contributed by atoms with van der Waals surface area (Å²) in [6.45, 7) is 1.99. The van der Waals surface area contributed by atoms with Gasteiger partial charge in [-0.3, -0.25) is 29.5 Å². The van der Waals surface area contributed by atoms with E-state index in [1.165, 1.54) is 36.3 Å². The van der Waals surface area contributed by atoms with Crippen LogP contribution in [-0.4, -0.2) is 52.3 Å². The number of aromatic hydroxyl groups is 1. The highest BCUT2D eigenvalue weighted by atomic mass is 35.5. The van der Waals surface area contributed by atoms with E-state index in [4.69, 9.17) is 16.3 Å². The summed E-state index contributed by atoms with van der Waals surface area (Å²) in [5.41, 5.74) is 3.19. The second-order valence-corrected chi connectivity index (χ2v) is 12.6. The maximum atomic E-state index is 15.1. The molecule has 4 aliphatic rings. The third kappa shape index (κ3) is 4.12. The summed E-state index contributed by atoms with van der Waals surface area (Å²) in [7, 11) is 1.42. The van der Waals surface area contributed by atoms with Gasteiger partial charge in [-0.05, 0) is 73.7 Å². The molecule has 2 aliphatic carbocycles. The van der Waals surface area contributed by atoms with Gasteiger partial charge in [0.05, 0.1) is 36.0 Å². The first-order valence-corrected chi connectivity index (χ1v) is 15.6. The van der Waals surface area contributed by atoms with Crippen LogP contribution >= 0.6 is 11.6 Å². The van der Waals surface area contributed by atoms with Crippen molar-refractivity contribution < 1.29 is 33.4 Å². The van der Waals surface area contributed by atoms with Crippen LogP contribution < -0.4 is 10.2 Å². The average Bonchev–Trinajstić information content (AvgIpc) is 3.43. The van der Waals surface area contributed by atoms with Crippen LogP contribution in [0.1, 0.15) is 36.8 Å². The number of ether oxygens (including phenoxy) is 1. The Kier molecular flexibility index (Phi) is 7.15. The number of allylic oxidation sites excluding steroid dienone is 2. The molecular formula is C35H31ClFN3O6. The predicted molar refractivity (Wildman–Crippen MR) is 166 cm³/mol. The molecule has 6 atom stereocenters. The van der Waals surface area contributed by atoms with Crippen LogP contribution in [0, 0.1) is 29.5 Å². The van der Waals surface area contributed by atoms with Gasteiger partial charge >= 0.3 is 0 Å². The molecule has 2 aliphatic heterocycles. The highest BCUT2D eigenvalue weighted by Crippen LogP contribution is 2.65. The molecule has 3 aromatic carbocycles. The molecule has 0 spiro atoms. The minimum Gasteiger partial charge on any atom is -0.504 e. The Hall–Kier alpha value is -4.70. The van der Waals surface area contributed by atoms with Crippen molar-refractivity contribution in [3.63, 3.8) is 0 Å². The Morgan fingerprint density at radius 1 is 0.978 bits per heavy atom. The van der Waals surface area contributed by atoms with Gasteiger partial charge in [0, 0.05) is 23.0 Å². The second-order valence-electron chi connectivity index (χ2n) is 12.2. The molecule has 11 heteroatoms. The molecule has 7 rings (SSSR count). The predicted octanol–water partition coefficient (Wildman–Crippen LogP) is 5.20. The lowest BCUT2D eigenvalue weighted by Crippen LogP contribution is -2.53. The molecule has 2 heterocycles. The van der Waals surface area contributed by atoms with Gasteiger partial charge in [0.2, 0.25) is 11.8 Å². The molecule has 0 bridgehead atoms. The largest absolute Gasteiger partial charge is 0.504 e. The normalized spacial score (nSPS) is 28.5. The summed E-state index contributed by atoms with van der Waals surface area (Å²) in [6, 6.07) is 17.0. The van der Waals surface area contributed by atoms with E-state index in [0.717, 1.165) is 5.01 Å². The fraction of sp³-hybridized carbons (Fsp3) is 0.314. The Balaban J connectivity index is 1.49. The number of amides is 4. The molecule has 46 heavy (non-hydrogen) atoms. The SMILES string of the molecule is CCN1C(=O)C2CC=C3C(CC4C(=O)N(Nc5ccc(F)cc5)C(=O)C4(c4ccc(Cl)cc4)C3c3cccc(OC)c3O)C2C1=O. The minimum absolute atomic E-state index is 0.111. The molecule has 4 amide bonds. The minimum atomic E-state index is -1.59. The van der Waals surface area contributed by atoms with Crippen LogP contribution in [0.2, 0.25) is 5.02 Å². The molecule has 2 saturated heterocycles. The fourth-order valence-electron chi connectivity index (χ4n) is 8.31. The number of rotatable bonds is 6. The lowest BCUT2D eigenvalue weighted by Gasteiger charge is -2.50. The maximum Gasteiger partial charge on any atom is 0.260 e. The summed E-state index contributed by atoms with van der Waals surface area (Å²) >= 11 is 6.30. The number of imide groups is 2. The highest BCUT2D eigenvalue weighted by molar-refractivity contribution is 6.30. The number of likely N-dealkylation sites (tertiary alicyclic amines) is 1. The maximum absolute atomic E-state index is 15.1. The van der Waals surface area contributed by atoms with Crippen molar-refractivity contribution in [1.29, 1.82) is 0 Å². The van der Waals surface area contributed by atoms with Crippen molar-refractivity contribution in [1.82, 2.24) is 9.91 Å². The van der Waals surface area contributed by atoms with Gasteiger partial charge in [-0.2, -0.15) is 5.01 Å². The summed E-state index contributed by atoms with van der Waals surface area (Å²) in [4.78, 5) is 58.0. The van der Waals surface area contributed by atoms with Gasteiger partial charge in [0.15, 0.2) is 11.5 Å². The number of nitrogens with zero attached hydrogens (tertiary/aromatic N) is 2. The molecule has 236 valence electrons. The van der Waals surface area contributed by atoms with Gasteiger partial charge < -0.3 is 9.84 Å². The number of anilines is 1. The van der Waals surface area contributed by atoms with Gasteiger partial charge in [-0.1, -0.05) is 47.5 Å². The number of carbonyl (C=O) groups is 4. The number of benzene rings is 3. The molecular weight excluding hydrogens is 613 g/mol. The zero-order valence-electron chi connectivity index (χ0n) is 25.1. The van der Waals surface area contributed by atoms with E-state index in [-0.39, 0.29) is 42.7 Å². The van der Waals surface area contributed by atoms with Crippen LogP contribution in [0.5, 0.6) is 11.5 Å². The number of hydrogen-bond acceptors (Lipinski definition) is 7. The van der Waals surface area contributed by atoms with E-state index in [1.807, 2.05) is 6.08 Å². The number of hydrogen-bond donors (Lipinski definition) is 2. The summed E-state index contributed by atoms with van der Waals surface area (Å²) in [6.07, 6.45) is 2.31. The van der Waals surface area contributed by atoms with Crippen molar-refractivity contribution in [3.05, 3.63) is 100 Å². The smallest absolute Gasteiger partial charge is 0.260 e. The molecule has 3 fully saturated rings. The van der Waals surface area contributed by atoms with Gasteiger partial charge in [-0.15, -0.1) is 0 Å². The van der Waals surface area contributed by atoms with Crippen molar-refractivity contribution in [3.8, 4) is 11.5 Å². The molecule has 0 radical (unpaired) electrons. The van der Waals surface area contributed by atoms with E-state index in [1.54, 1.807) is 49.4 Å². The first-order valence-electron chi connectivity index (χ1n) is 15.2. The number of methoxy groups -OCH3 is 1. The topological polar surface area (TPSA) is 116 Å². The lowest BCUT2D eigenvalue weighted by atomic mass is 9.49. The van der Waals surface area contributed by atoms with Crippen LogP contribution in [0.4, 0.5) is 10.1 Å². The number of carbonyl (C=O) groups excluding carboxylic acids is 4. The van der Waals surface area contributed by atoms with Crippen molar-refractivity contribution in [2.75, 3.05) is 19.1 Å². The van der Waals surface area contributed by atoms with Gasteiger partial charge in [-0.25, -0.2) is 4.39 Å². The van der Waals surface area contributed by atoms with Crippen LogP contribution in [0.3, 0.4) is 0 Å². The number of phenols is 1. The summed E-state index contributed by atoms with van der Waals surface area (Å²) in [5, 5.41) is 13.0. The third-order valence-electron chi connectivity index (χ3n) is 10.2. The van der Waals surface area contributed by atoms with E-state index in [9.17, 15) is 23.9 Å². The van der Waals surface area contributed by atoms with E-state index in [2.05, 4.69) is 5.43 Å². The zero-order chi connectivity index (χ0) is 32.5. The first-order chi connectivity index (χ1) is 22.1. The highest BCUT2D eigenvalue weighted by Gasteiger charge is 2.70. The molecule has 6 unspecified atom stereocenters. The van der Waals surface area contributed by atoms with Gasteiger partial charge in [0.1, 0.15) is 5.82 Å². The van der Waals surface area contributed by atoms with Crippen LogP contribution in [0.15, 0.2) is 78.4 Å². The zero-order valence-corrected chi connectivity index (χ0v) is 25.8. The molecule has 3 aromatic rings. The van der Waals surface area contributed by atoms with E-state index in [0.29, 0.717) is 27.4 Å². The summed E-state index contributed by atoms with van der Waals surface area (Å²) < 4.78 is 19.2. The number of nitrogens with one attached hydrogen (secondary N) is 1. The standard InChI is InChI=1S/C35H31ClFN3O6/c1-3-39-31(42)23-16-15-22-25(28(23)33(39)44)17-26-32(43)40(38-21-13-11-20(37)12-14-21)34(45)35(26,18-7-9-19(36)10-8-18)29(22)24-5-4-6-27(46-2)30(24)41/h4-15,23,25-26,28-29,38,41H,3,16-17H2,1-2H3. The Morgan fingerprint density at radius 3 is 2.37 bits per heavy atom. The second kappa shape index (κ2) is 11.0. The number of fused-ring (bicyclic) bond motifs is 4. The summed E-state index contributed by atoms with van der Waals surface area (Å²) in [5.74, 6) is -5.93. The van der Waals surface area contributed by atoms with Crippen molar-refractivity contribution in [2.24, 2.45) is 23.7 Å². The van der Waals surface area contributed by atoms with E-state index < -0.39 is 52.6 Å². The Bertz CT molecular complexity index is 1810. The average molecular weight is 644 g/mol.